The van der Waals surface area contributed by atoms with E-state index >= 15 is 0 Å². The first-order chi connectivity index (χ1) is 13.1. The maximum atomic E-state index is 13.3. The van der Waals surface area contributed by atoms with Crippen LogP contribution in [0.4, 0.5) is 10.1 Å². The highest BCUT2D eigenvalue weighted by atomic mass is 19.1. The topological polar surface area (TPSA) is 67.8 Å². The van der Waals surface area contributed by atoms with Crippen molar-refractivity contribution in [3.63, 3.8) is 0 Å². The third-order valence-corrected chi connectivity index (χ3v) is 4.94. The smallest absolute Gasteiger partial charge is 0.213 e. The van der Waals surface area contributed by atoms with Gasteiger partial charge in [-0.05, 0) is 24.3 Å². The van der Waals surface area contributed by atoms with Crippen LogP contribution in [0.2, 0.25) is 0 Å². The molecule has 2 heterocycles. The summed E-state index contributed by atoms with van der Waals surface area (Å²) in [4.78, 5) is 9.01. The highest BCUT2D eigenvalue weighted by Gasteiger charge is 2.23. The van der Waals surface area contributed by atoms with Crippen molar-refractivity contribution < 1.29 is 13.5 Å². The van der Waals surface area contributed by atoms with Crippen molar-refractivity contribution in [2.75, 3.05) is 44.7 Å². The summed E-state index contributed by atoms with van der Waals surface area (Å²) in [7, 11) is 1.69. The summed E-state index contributed by atoms with van der Waals surface area (Å²) >= 11 is 0. The van der Waals surface area contributed by atoms with Crippen molar-refractivity contribution in [2.45, 2.75) is 6.04 Å². The summed E-state index contributed by atoms with van der Waals surface area (Å²) in [5.41, 5.74) is 8.47. The molecule has 1 aromatic heterocycles. The fraction of sp³-hybridized carbons (Fsp3) is 0.350. The van der Waals surface area contributed by atoms with Crippen molar-refractivity contribution in [3.05, 3.63) is 54.2 Å². The highest BCUT2D eigenvalue weighted by molar-refractivity contribution is 5.72. The molecule has 6 nitrogen and oxygen atoms in total. The zero-order valence-corrected chi connectivity index (χ0v) is 15.3. The van der Waals surface area contributed by atoms with Gasteiger partial charge in [-0.15, -0.1) is 0 Å². The molecule has 7 heteroatoms. The van der Waals surface area contributed by atoms with E-state index in [4.69, 9.17) is 14.9 Å². The fourth-order valence-electron chi connectivity index (χ4n) is 3.49. The first-order valence-corrected chi connectivity index (χ1v) is 9.06. The molecule has 1 unspecified atom stereocenters. The average Bonchev–Trinajstić information content (AvgIpc) is 3.12. The Morgan fingerprint density at radius 3 is 2.74 bits per heavy atom. The second kappa shape index (κ2) is 7.54. The normalized spacial score (nSPS) is 16.6. The number of piperazine rings is 1. The lowest BCUT2D eigenvalue weighted by molar-refractivity contribution is 0.232. The van der Waals surface area contributed by atoms with E-state index in [1.807, 2.05) is 18.2 Å². The number of para-hydroxylation sites is 2. The van der Waals surface area contributed by atoms with Gasteiger partial charge in [0.05, 0.1) is 18.8 Å². The standard InChI is InChI=1S/C20H23FN4O2/c1-26-18-5-3-2-4-17(18)25-10-8-24(9-11-25)13-15(22)20-23-16-7-6-14(21)12-19(16)27-20/h2-7,12,15H,8-11,13,22H2,1H3. The number of hydrogen-bond donors (Lipinski definition) is 1. The summed E-state index contributed by atoms with van der Waals surface area (Å²) < 4.78 is 24.4. The molecule has 1 aliphatic rings. The van der Waals surface area contributed by atoms with Crippen LogP contribution in [0, 0.1) is 5.82 Å². The molecule has 2 aromatic carbocycles. The minimum atomic E-state index is -0.349. The summed E-state index contributed by atoms with van der Waals surface area (Å²) in [6.45, 7) is 4.22. The van der Waals surface area contributed by atoms with Crippen molar-refractivity contribution in [1.29, 1.82) is 0 Å². The molecule has 1 saturated heterocycles. The minimum absolute atomic E-state index is 0.341. The fourth-order valence-corrected chi connectivity index (χ4v) is 3.49. The number of hydrogen-bond acceptors (Lipinski definition) is 6. The monoisotopic (exact) mass is 370 g/mol. The van der Waals surface area contributed by atoms with Crippen LogP contribution in [0.25, 0.3) is 11.1 Å². The lowest BCUT2D eigenvalue weighted by Crippen LogP contribution is -2.48. The number of nitrogens with zero attached hydrogens (tertiary/aromatic N) is 3. The van der Waals surface area contributed by atoms with Gasteiger partial charge < -0.3 is 19.8 Å². The van der Waals surface area contributed by atoms with Gasteiger partial charge in [-0.1, -0.05) is 12.1 Å². The zero-order valence-electron chi connectivity index (χ0n) is 15.3. The number of oxazole rings is 1. The lowest BCUT2D eigenvalue weighted by atomic mass is 10.2. The number of fused-ring (bicyclic) bond motifs is 1. The summed E-state index contributed by atoms with van der Waals surface area (Å²) in [5.74, 6) is 0.996. The van der Waals surface area contributed by atoms with Crippen LogP contribution in [-0.2, 0) is 0 Å². The molecule has 0 saturated carbocycles. The molecule has 1 aliphatic heterocycles. The minimum Gasteiger partial charge on any atom is -0.495 e. The van der Waals surface area contributed by atoms with E-state index in [-0.39, 0.29) is 11.9 Å². The van der Waals surface area contributed by atoms with E-state index in [2.05, 4.69) is 20.9 Å². The molecule has 0 aliphatic carbocycles. The van der Waals surface area contributed by atoms with Crippen LogP contribution in [0.1, 0.15) is 11.9 Å². The van der Waals surface area contributed by atoms with E-state index in [1.54, 1.807) is 13.2 Å². The van der Waals surface area contributed by atoms with E-state index in [1.165, 1.54) is 12.1 Å². The Balaban J connectivity index is 1.38. The number of halogens is 1. The summed E-state index contributed by atoms with van der Waals surface area (Å²) in [5, 5.41) is 0. The first kappa shape index (κ1) is 17.8. The van der Waals surface area contributed by atoms with Crippen LogP contribution in [0.3, 0.4) is 0 Å². The third kappa shape index (κ3) is 3.74. The van der Waals surface area contributed by atoms with Crippen molar-refractivity contribution >= 4 is 16.8 Å². The Labute approximate surface area is 157 Å². The van der Waals surface area contributed by atoms with Crippen LogP contribution >= 0.6 is 0 Å². The Hall–Kier alpha value is -2.64. The van der Waals surface area contributed by atoms with Crippen LogP contribution in [0.5, 0.6) is 5.75 Å². The second-order valence-corrected chi connectivity index (χ2v) is 6.73. The largest absolute Gasteiger partial charge is 0.495 e. The Morgan fingerprint density at radius 1 is 1.19 bits per heavy atom. The summed E-state index contributed by atoms with van der Waals surface area (Å²) in [6, 6.07) is 12.0. The van der Waals surface area contributed by atoms with Gasteiger partial charge in [0, 0.05) is 38.8 Å². The van der Waals surface area contributed by atoms with Crippen LogP contribution in [-0.4, -0.2) is 49.7 Å². The van der Waals surface area contributed by atoms with Crippen molar-refractivity contribution in [1.82, 2.24) is 9.88 Å². The Bertz CT molecular complexity index is 921. The van der Waals surface area contributed by atoms with Gasteiger partial charge in [-0.3, -0.25) is 4.90 Å². The molecule has 1 atom stereocenters. The van der Waals surface area contributed by atoms with Gasteiger partial charge in [-0.2, -0.15) is 0 Å². The number of rotatable bonds is 5. The number of aromatic nitrogens is 1. The number of nitrogens with two attached hydrogens (primary N) is 1. The van der Waals surface area contributed by atoms with E-state index < -0.39 is 0 Å². The molecule has 0 radical (unpaired) electrons. The zero-order chi connectivity index (χ0) is 18.8. The Kier molecular flexibility index (Phi) is 4.96. The molecule has 3 aromatic rings. The van der Waals surface area contributed by atoms with Gasteiger partial charge in [-0.25, -0.2) is 9.37 Å². The predicted octanol–water partition coefficient (Wildman–Crippen LogP) is 2.80. The van der Waals surface area contributed by atoms with Crippen molar-refractivity contribution in [2.24, 2.45) is 5.73 Å². The molecule has 27 heavy (non-hydrogen) atoms. The molecular formula is C20H23FN4O2. The quantitative estimate of drug-likeness (QED) is 0.745. The first-order valence-electron chi connectivity index (χ1n) is 9.06. The molecule has 2 N–H and O–H groups in total. The lowest BCUT2D eigenvalue weighted by Gasteiger charge is -2.37. The van der Waals surface area contributed by atoms with Gasteiger partial charge in [0.2, 0.25) is 5.89 Å². The van der Waals surface area contributed by atoms with Gasteiger partial charge in [0.1, 0.15) is 17.1 Å². The number of methoxy groups -OCH3 is 1. The number of ether oxygens (including phenoxy) is 1. The SMILES string of the molecule is COc1ccccc1N1CCN(CC(N)c2nc3ccc(F)cc3o2)CC1. The Morgan fingerprint density at radius 2 is 1.96 bits per heavy atom. The number of benzene rings is 2. The van der Waals surface area contributed by atoms with Crippen LogP contribution in [0.15, 0.2) is 46.9 Å². The maximum Gasteiger partial charge on any atom is 0.213 e. The summed E-state index contributed by atoms with van der Waals surface area (Å²) in [6.07, 6.45) is 0. The maximum absolute atomic E-state index is 13.3. The van der Waals surface area contributed by atoms with Crippen molar-refractivity contribution in [3.8, 4) is 5.75 Å². The molecule has 0 amide bonds. The van der Waals surface area contributed by atoms with Crippen LogP contribution < -0.4 is 15.4 Å². The van der Waals surface area contributed by atoms with Gasteiger partial charge >= 0.3 is 0 Å². The molecule has 4 rings (SSSR count). The highest BCUT2D eigenvalue weighted by Crippen LogP contribution is 2.28. The van der Waals surface area contributed by atoms with E-state index in [0.29, 0.717) is 23.5 Å². The predicted molar refractivity (Wildman–Crippen MR) is 103 cm³/mol. The third-order valence-electron chi connectivity index (χ3n) is 4.94. The number of anilines is 1. The molecule has 1 fully saturated rings. The molecular weight excluding hydrogens is 347 g/mol. The molecule has 0 spiro atoms. The second-order valence-electron chi connectivity index (χ2n) is 6.73. The van der Waals surface area contributed by atoms with Gasteiger partial charge in [0.25, 0.3) is 0 Å². The van der Waals surface area contributed by atoms with E-state index in [0.717, 1.165) is 37.6 Å². The van der Waals surface area contributed by atoms with Gasteiger partial charge in [0.15, 0.2) is 5.58 Å². The molecule has 142 valence electrons. The van der Waals surface area contributed by atoms with E-state index in [9.17, 15) is 4.39 Å². The average molecular weight is 370 g/mol. The molecule has 0 bridgehead atoms.